The average molecular weight is 317 g/mol. The molecule has 4 nitrogen and oxygen atoms in total. The smallest absolute Gasteiger partial charge is 0.319 e. The second-order valence-corrected chi connectivity index (χ2v) is 5.55. The minimum Gasteiger partial charge on any atom is -0.396 e. The first kappa shape index (κ1) is 17.7. The molecule has 118 valence electrons. The van der Waals surface area contributed by atoms with Gasteiger partial charge in [0.25, 0.3) is 0 Å². The van der Waals surface area contributed by atoms with Gasteiger partial charge in [0, 0.05) is 18.2 Å². The Balaban J connectivity index is 2.60. The number of amides is 2. The van der Waals surface area contributed by atoms with Gasteiger partial charge in [0.05, 0.1) is 5.69 Å². The number of carbonyl (C=O) groups excluding carboxylic acids is 1. The van der Waals surface area contributed by atoms with Gasteiger partial charge in [0.15, 0.2) is 0 Å². The van der Waals surface area contributed by atoms with Crippen LogP contribution in [0.15, 0.2) is 18.2 Å². The van der Waals surface area contributed by atoms with E-state index in [1.165, 1.54) is 12.1 Å². The highest BCUT2D eigenvalue weighted by atomic mass is 35.5. The maximum Gasteiger partial charge on any atom is 0.319 e. The standard InChI is InChI=1S/C15H22ClFN2O2/c1-3-15(4-2,7-8-20)10-18-14(21)19-13-6-5-11(16)9-12(13)17/h5-6,9,20H,3-4,7-8,10H2,1-2H3,(H2,18,19,21). The summed E-state index contributed by atoms with van der Waals surface area (Å²) in [7, 11) is 0. The summed E-state index contributed by atoms with van der Waals surface area (Å²) in [5.41, 5.74) is -0.0531. The fraction of sp³-hybridized carbons (Fsp3) is 0.533. The van der Waals surface area contributed by atoms with Gasteiger partial charge in [-0.1, -0.05) is 25.4 Å². The van der Waals surface area contributed by atoms with Gasteiger partial charge in [-0.05, 0) is 42.9 Å². The van der Waals surface area contributed by atoms with Crippen LogP contribution in [0.1, 0.15) is 33.1 Å². The molecule has 1 aromatic rings. The largest absolute Gasteiger partial charge is 0.396 e. The second kappa shape index (κ2) is 8.20. The molecule has 0 aliphatic carbocycles. The highest BCUT2D eigenvalue weighted by molar-refractivity contribution is 6.30. The van der Waals surface area contributed by atoms with Crippen LogP contribution in [0.25, 0.3) is 0 Å². The molecule has 3 N–H and O–H groups in total. The molecular weight excluding hydrogens is 295 g/mol. The molecular formula is C15H22ClFN2O2. The highest BCUT2D eigenvalue weighted by Gasteiger charge is 2.26. The van der Waals surface area contributed by atoms with Crippen LogP contribution in [0.4, 0.5) is 14.9 Å². The lowest BCUT2D eigenvalue weighted by molar-refractivity contribution is 0.165. The number of carbonyl (C=O) groups is 1. The van der Waals surface area contributed by atoms with Crippen LogP contribution in [-0.2, 0) is 0 Å². The van der Waals surface area contributed by atoms with E-state index in [9.17, 15) is 9.18 Å². The molecule has 0 atom stereocenters. The maximum absolute atomic E-state index is 13.6. The SMILES string of the molecule is CCC(CC)(CCO)CNC(=O)Nc1ccc(Cl)cc1F. The fourth-order valence-corrected chi connectivity index (χ4v) is 2.36. The van der Waals surface area contributed by atoms with Crippen molar-refractivity contribution in [3.8, 4) is 0 Å². The Morgan fingerprint density at radius 1 is 1.38 bits per heavy atom. The Hall–Kier alpha value is -1.33. The van der Waals surface area contributed by atoms with Crippen LogP contribution < -0.4 is 10.6 Å². The molecule has 1 aromatic carbocycles. The molecule has 6 heteroatoms. The average Bonchev–Trinajstić information content (AvgIpc) is 2.46. The number of halogens is 2. The zero-order valence-corrected chi connectivity index (χ0v) is 13.1. The number of urea groups is 1. The zero-order chi connectivity index (χ0) is 15.9. The first-order valence-electron chi connectivity index (χ1n) is 7.07. The molecule has 0 aliphatic heterocycles. The van der Waals surface area contributed by atoms with Crippen molar-refractivity contribution >= 4 is 23.3 Å². The minimum absolute atomic E-state index is 0.0802. The van der Waals surface area contributed by atoms with E-state index in [0.717, 1.165) is 18.9 Å². The summed E-state index contributed by atoms with van der Waals surface area (Å²) < 4.78 is 13.6. The van der Waals surface area contributed by atoms with Gasteiger partial charge >= 0.3 is 6.03 Å². The molecule has 1 rings (SSSR count). The van der Waals surface area contributed by atoms with Crippen molar-refractivity contribution in [2.75, 3.05) is 18.5 Å². The number of rotatable bonds is 7. The van der Waals surface area contributed by atoms with E-state index in [2.05, 4.69) is 10.6 Å². The quantitative estimate of drug-likeness (QED) is 0.716. The van der Waals surface area contributed by atoms with Crippen molar-refractivity contribution in [1.82, 2.24) is 5.32 Å². The minimum atomic E-state index is -0.578. The predicted molar refractivity (Wildman–Crippen MR) is 83.1 cm³/mol. The molecule has 2 amide bonds. The molecule has 0 fully saturated rings. The first-order chi connectivity index (χ1) is 9.96. The van der Waals surface area contributed by atoms with E-state index in [-0.39, 0.29) is 22.7 Å². The first-order valence-corrected chi connectivity index (χ1v) is 7.45. The van der Waals surface area contributed by atoms with E-state index >= 15 is 0 Å². The molecule has 0 radical (unpaired) electrons. The van der Waals surface area contributed by atoms with Gasteiger partial charge in [-0.15, -0.1) is 0 Å². The topological polar surface area (TPSA) is 61.4 Å². The Morgan fingerprint density at radius 2 is 2.05 bits per heavy atom. The van der Waals surface area contributed by atoms with Crippen LogP contribution in [0.3, 0.4) is 0 Å². The van der Waals surface area contributed by atoms with Gasteiger partial charge < -0.3 is 15.7 Å². The summed E-state index contributed by atoms with van der Waals surface area (Å²) in [6.45, 7) is 4.56. The fourth-order valence-electron chi connectivity index (χ4n) is 2.20. The summed E-state index contributed by atoms with van der Waals surface area (Å²) in [4.78, 5) is 11.8. The van der Waals surface area contributed by atoms with Crippen molar-refractivity contribution in [1.29, 1.82) is 0 Å². The molecule has 0 saturated carbocycles. The van der Waals surface area contributed by atoms with E-state index in [1.807, 2.05) is 13.8 Å². The summed E-state index contributed by atoms with van der Waals surface area (Å²) in [5.74, 6) is -0.578. The Bertz CT molecular complexity index is 479. The summed E-state index contributed by atoms with van der Waals surface area (Å²) >= 11 is 5.65. The molecule has 0 saturated heterocycles. The van der Waals surface area contributed by atoms with Crippen LogP contribution in [0.2, 0.25) is 5.02 Å². The normalized spacial score (nSPS) is 11.3. The molecule has 0 spiro atoms. The Kier molecular flexibility index (Phi) is 6.92. The third kappa shape index (κ3) is 5.17. The molecule has 21 heavy (non-hydrogen) atoms. The van der Waals surface area contributed by atoms with Crippen LogP contribution >= 0.6 is 11.6 Å². The van der Waals surface area contributed by atoms with E-state index < -0.39 is 11.8 Å². The molecule has 0 heterocycles. The maximum atomic E-state index is 13.6. The number of nitrogens with one attached hydrogen (secondary N) is 2. The summed E-state index contributed by atoms with van der Waals surface area (Å²) in [5, 5.41) is 14.6. The Morgan fingerprint density at radius 3 is 2.57 bits per heavy atom. The lowest BCUT2D eigenvalue weighted by Gasteiger charge is -2.31. The summed E-state index contributed by atoms with van der Waals surface area (Å²) in [6.07, 6.45) is 2.31. The monoisotopic (exact) mass is 316 g/mol. The van der Waals surface area contributed by atoms with Crippen molar-refractivity contribution in [2.24, 2.45) is 5.41 Å². The lowest BCUT2D eigenvalue weighted by atomic mass is 9.79. The van der Waals surface area contributed by atoms with Gasteiger partial charge in [-0.25, -0.2) is 9.18 Å². The molecule has 0 aromatic heterocycles. The number of anilines is 1. The molecule has 0 aliphatic rings. The molecule has 0 bridgehead atoms. The second-order valence-electron chi connectivity index (χ2n) is 5.11. The van der Waals surface area contributed by atoms with E-state index in [0.29, 0.717) is 13.0 Å². The van der Waals surface area contributed by atoms with E-state index in [1.54, 1.807) is 0 Å². The van der Waals surface area contributed by atoms with Crippen LogP contribution in [-0.4, -0.2) is 24.3 Å². The Labute approximate surface area is 129 Å². The third-order valence-corrected chi connectivity index (χ3v) is 4.18. The number of benzene rings is 1. The lowest BCUT2D eigenvalue weighted by Crippen LogP contribution is -2.39. The summed E-state index contributed by atoms with van der Waals surface area (Å²) in [6, 6.07) is 3.60. The predicted octanol–water partition coefficient (Wildman–Crippen LogP) is 3.79. The van der Waals surface area contributed by atoms with Gasteiger partial charge in [0.2, 0.25) is 0 Å². The van der Waals surface area contributed by atoms with Gasteiger partial charge in [-0.3, -0.25) is 0 Å². The van der Waals surface area contributed by atoms with Crippen molar-refractivity contribution in [2.45, 2.75) is 33.1 Å². The number of aliphatic hydroxyl groups is 1. The number of aliphatic hydroxyl groups excluding tert-OH is 1. The van der Waals surface area contributed by atoms with Gasteiger partial charge in [0.1, 0.15) is 5.82 Å². The number of hydrogen-bond donors (Lipinski definition) is 3. The van der Waals surface area contributed by atoms with Crippen molar-refractivity contribution in [3.63, 3.8) is 0 Å². The molecule has 0 unspecified atom stereocenters. The zero-order valence-electron chi connectivity index (χ0n) is 12.4. The number of hydrogen-bond acceptors (Lipinski definition) is 2. The van der Waals surface area contributed by atoms with Gasteiger partial charge in [-0.2, -0.15) is 0 Å². The van der Waals surface area contributed by atoms with Crippen LogP contribution in [0, 0.1) is 11.2 Å². The highest BCUT2D eigenvalue weighted by Crippen LogP contribution is 2.29. The van der Waals surface area contributed by atoms with Crippen molar-refractivity contribution < 1.29 is 14.3 Å². The van der Waals surface area contributed by atoms with E-state index in [4.69, 9.17) is 16.7 Å². The van der Waals surface area contributed by atoms with Crippen LogP contribution in [0.5, 0.6) is 0 Å². The third-order valence-electron chi connectivity index (χ3n) is 3.95. The van der Waals surface area contributed by atoms with Crippen molar-refractivity contribution in [3.05, 3.63) is 29.0 Å².